The van der Waals surface area contributed by atoms with Crippen molar-refractivity contribution in [2.45, 2.75) is 46.9 Å². The molecule has 1 N–H and O–H groups in total. The summed E-state index contributed by atoms with van der Waals surface area (Å²) >= 11 is 0. The number of hydrogen-bond acceptors (Lipinski definition) is 4. The van der Waals surface area contributed by atoms with E-state index < -0.39 is 0 Å². The zero-order valence-corrected chi connectivity index (χ0v) is 19.4. The van der Waals surface area contributed by atoms with E-state index in [1.165, 1.54) is 5.56 Å². The van der Waals surface area contributed by atoms with Gasteiger partial charge in [-0.3, -0.25) is 9.48 Å². The molecule has 1 atom stereocenters. The van der Waals surface area contributed by atoms with Crippen LogP contribution in [0.15, 0.2) is 54.7 Å². The molecule has 0 saturated heterocycles. The van der Waals surface area contributed by atoms with Crippen molar-refractivity contribution in [2.24, 2.45) is 0 Å². The number of ether oxygens (including phenoxy) is 2. The zero-order valence-electron chi connectivity index (χ0n) is 19.4. The molecule has 0 fully saturated rings. The number of amides is 1. The lowest BCUT2D eigenvalue weighted by molar-refractivity contribution is -0.117. The second-order valence-electron chi connectivity index (χ2n) is 7.74. The Kier molecular flexibility index (Phi) is 7.71. The highest BCUT2D eigenvalue weighted by molar-refractivity contribution is 5.92. The fraction of sp³-hybridized carbons (Fsp3) is 0.308. The van der Waals surface area contributed by atoms with Crippen molar-refractivity contribution in [1.82, 2.24) is 15.1 Å². The van der Waals surface area contributed by atoms with E-state index in [4.69, 9.17) is 9.47 Å². The predicted octanol–water partition coefficient (Wildman–Crippen LogP) is 5.00. The van der Waals surface area contributed by atoms with Gasteiger partial charge in [0.05, 0.1) is 19.3 Å². The molecular weight excluding hydrogens is 402 g/mol. The zero-order chi connectivity index (χ0) is 23.1. The van der Waals surface area contributed by atoms with Gasteiger partial charge < -0.3 is 14.8 Å². The largest absolute Gasteiger partial charge is 0.496 e. The summed E-state index contributed by atoms with van der Waals surface area (Å²) in [5.41, 5.74) is 5.08. The normalized spacial score (nSPS) is 12.0. The molecule has 2 aromatic carbocycles. The van der Waals surface area contributed by atoms with Crippen molar-refractivity contribution in [1.29, 1.82) is 0 Å². The smallest absolute Gasteiger partial charge is 0.244 e. The van der Waals surface area contributed by atoms with Crippen LogP contribution in [0.5, 0.6) is 11.5 Å². The number of aromatic nitrogens is 2. The third-order valence-corrected chi connectivity index (χ3v) is 5.41. The average Bonchev–Trinajstić information content (AvgIpc) is 3.17. The second kappa shape index (κ2) is 10.7. The van der Waals surface area contributed by atoms with Crippen LogP contribution in [0.3, 0.4) is 0 Å². The second-order valence-corrected chi connectivity index (χ2v) is 7.74. The number of nitrogens with one attached hydrogen (secondary N) is 1. The fourth-order valence-electron chi connectivity index (χ4n) is 3.53. The quantitative estimate of drug-likeness (QED) is 0.483. The van der Waals surface area contributed by atoms with Crippen molar-refractivity contribution in [3.63, 3.8) is 0 Å². The first-order valence-electron chi connectivity index (χ1n) is 10.8. The highest BCUT2D eigenvalue weighted by Gasteiger charge is 2.14. The molecule has 1 heterocycles. The van der Waals surface area contributed by atoms with Gasteiger partial charge in [0.15, 0.2) is 0 Å². The van der Waals surface area contributed by atoms with Gasteiger partial charge in [0, 0.05) is 29.4 Å². The van der Waals surface area contributed by atoms with Crippen molar-refractivity contribution < 1.29 is 14.3 Å². The van der Waals surface area contributed by atoms with E-state index in [9.17, 15) is 4.79 Å². The molecule has 168 valence electrons. The summed E-state index contributed by atoms with van der Waals surface area (Å²) in [4.78, 5) is 12.5. The Morgan fingerprint density at radius 3 is 2.59 bits per heavy atom. The lowest BCUT2D eigenvalue weighted by Gasteiger charge is -2.13. The fourth-order valence-corrected chi connectivity index (χ4v) is 3.53. The minimum absolute atomic E-state index is 0.123. The molecule has 6 heteroatoms. The Bertz CT molecular complexity index is 1080. The van der Waals surface area contributed by atoms with Crippen LogP contribution in [0.4, 0.5) is 0 Å². The van der Waals surface area contributed by atoms with Crippen LogP contribution in [0, 0.1) is 13.8 Å². The van der Waals surface area contributed by atoms with Crippen LogP contribution in [-0.2, 0) is 17.9 Å². The molecular formula is C26H31N3O3. The van der Waals surface area contributed by atoms with E-state index in [1.807, 2.05) is 81.0 Å². The summed E-state index contributed by atoms with van der Waals surface area (Å²) < 4.78 is 13.3. The van der Waals surface area contributed by atoms with E-state index in [0.717, 1.165) is 40.4 Å². The van der Waals surface area contributed by atoms with Gasteiger partial charge in [-0.25, -0.2) is 0 Å². The number of carbonyl (C=O) groups excluding carboxylic acids is 1. The van der Waals surface area contributed by atoms with Crippen molar-refractivity contribution in [2.75, 3.05) is 7.11 Å². The van der Waals surface area contributed by atoms with Gasteiger partial charge in [-0.2, -0.15) is 5.10 Å². The van der Waals surface area contributed by atoms with Gasteiger partial charge in [-0.1, -0.05) is 23.8 Å². The van der Waals surface area contributed by atoms with Crippen LogP contribution in [0.25, 0.3) is 6.08 Å². The topological polar surface area (TPSA) is 65.4 Å². The summed E-state index contributed by atoms with van der Waals surface area (Å²) in [6, 6.07) is 13.6. The monoisotopic (exact) mass is 433 g/mol. The first kappa shape index (κ1) is 23.1. The number of methoxy groups -OCH3 is 1. The van der Waals surface area contributed by atoms with E-state index >= 15 is 0 Å². The predicted molar refractivity (Wildman–Crippen MR) is 127 cm³/mol. The maximum absolute atomic E-state index is 12.5. The SMILES string of the molecule is CCn1ncc(C(C)NC(=O)/C=C/c2ccc(OC)c(COc3ccc(C)cc3)c2)c1C. The van der Waals surface area contributed by atoms with Crippen LogP contribution < -0.4 is 14.8 Å². The van der Waals surface area contributed by atoms with Crippen LogP contribution in [0.1, 0.15) is 47.8 Å². The number of rotatable bonds is 9. The van der Waals surface area contributed by atoms with Gasteiger partial charge in [0.25, 0.3) is 0 Å². The van der Waals surface area contributed by atoms with Crippen molar-refractivity contribution in [3.8, 4) is 11.5 Å². The standard InChI is InChI=1S/C26H31N3O3/c1-6-29-20(4)24(16-27-29)19(3)28-26(30)14-10-21-9-13-25(31-5)22(15-21)17-32-23-11-7-18(2)8-12-23/h7-16,19H,6,17H2,1-5H3,(H,28,30)/b14-10+. The minimum Gasteiger partial charge on any atom is -0.496 e. The molecule has 0 saturated carbocycles. The van der Waals surface area contributed by atoms with E-state index in [-0.39, 0.29) is 11.9 Å². The highest BCUT2D eigenvalue weighted by Crippen LogP contribution is 2.23. The Morgan fingerprint density at radius 2 is 1.94 bits per heavy atom. The molecule has 0 aliphatic carbocycles. The molecule has 1 amide bonds. The van der Waals surface area contributed by atoms with E-state index in [2.05, 4.69) is 10.4 Å². The lowest BCUT2D eigenvalue weighted by Crippen LogP contribution is -2.25. The maximum atomic E-state index is 12.5. The molecule has 0 spiro atoms. The van der Waals surface area contributed by atoms with Crippen molar-refractivity contribution in [3.05, 3.63) is 82.7 Å². The number of nitrogens with zero attached hydrogens (tertiary/aromatic N) is 2. The lowest BCUT2D eigenvalue weighted by atomic mass is 10.1. The summed E-state index contributed by atoms with van der Waals surface area (Å²) in [5.74, 6) is 1.39. The molecule has 32 heavy (non-hydrogen) atoms. The van der Waals surface area contributed by atoms with E-state index in [0.29, 0.717) is 6.61 Å². The molecule has 6 nitrogen and oxygen atoms in total. The molecule has 0 bridgehead atoms. The maximum Gasteiger partial charge on any atom is 0.244 e. The van der Waals surface area contributed by atoms with Crippen LogP contribution in [0.2, 0.25) is 0 Å². The molecule has 0 aliphatic rings. The van der Waals surface area contributed by atoms with Crippen LogP contribution >= 0.6 is 0 Å². The third-order valence-electron chi connectivity index (χ3n) is 5.41. The van der Waals surface area contributed by atoms with Gasteiger partial charge in [-0.05, 0) is 63.6 Å². The Balaban J connectivity index is 1.65. The highest BCUT2D eigenvalue weighted by atomic mass is 16.5. The van der Waals surface area contributed by atoms with Gasteiger partial charge >= 0.3 is 0 Å². The number of aryl methyl sites for hydroxylation is 2. The summed E-state index contributed by atoms with van der Waals surface area (Å²) in [6.07, 6.45) is 5.15. The van der Waals surface area contributed by atoms with E-state index in [1.54, 1.807) is 19.3 Å². The van der Waals surface area contributed by atoms with Gasteiger partial charge in [0.1, 0.15) is 18.1 Å². The van der Waals surface area contributed by atoms with Gasteiger partial charge in [0.2, 0.25) is 5.91 Å². The Hall–Kier alpha value is -3.54. The molecule has 3 aromatic rings. The van der Waals surface area contributed by atoms with Crippen LogP contribution in [-0.4, -0.2) is 22.8 Å². The summed E-state index contributed by atoms with van der Waals surface area (Å²) in [5, 5.41) is 7.35. The molecule has 0 radical (unpaired) electrons. The number of carbonyl (C=O) groups is 1. The summed E-state index contributed by atoms with van der Waals surface area (Å²) in [7, 11) is 1.64. The number of hydrogen-bond donors (Lipinski definition) is 1. The molecule has 1 unspecified atom stereocenters. The number of benzene rings is 2. The summed E-state index contributed by atoms with van der Waals surface area (Å²) in [6.45, 7) is 9.24. The Labute approximate surface area is 189 Å². The average molecular weight is 434 g/mol. The minimum atomic E-state index is -0.158. The first-order valence-corrected chi connectivity index (χ1v) is 10.8. The molecule has 1 aromatic heterocycles. The molecule has 3 rings (SSSR count). The Morgan fingerprint density at radius 1 is 1.19 bits per heavy atom. The first-order chi connectivity index (χ1) is 15.4. The molecule has 0 aliphatic heterocycles. The third kappa shape index (κ3) is 5.78. The van der Waals surface area contributed by atoms with Gasteiger partial charge in [-0.15, -0.1) is 0 Å². The van der Waals surface area contributed by atoms with Crippen molar-refractivity contribution >= 4 is 12.0 Å².